The van der Waals surface area contributed by atoms with Crippen molar-refractivity contribution >= 4 is 21.4 Å². The summed E-state index contributed by atoms with van der Waals surface area (Å²) in [6.45, 7) is 4.02. The second-order valence-corrected chi connectivity index (χ2v) is 11.3. The molecule has 1 aromatic heterocycles. The normalized spacial score (nSPS) is 15.3. The van der Waals surface area contributed by atoms with Gasteiger partial charge in [-0.05, 0) is 61.6 Å². The van der Waals surface area contributed by atoms with Gasteiger partial charge in [0.1, 0.15) is 16.8 Å². The van der Waals surface area contributed by atoms with Crippen molar-refractivity contribution in [2.75, 3.05) is 19.5 Å². The average molecular weight is 498 g/mol. The van der Waals surface area contributed by atoms with E-state index in [1.54, 1.807) is 17.4 Å². The van der Waals surface area contributed by atoms with Crippen molar-refractivity contribution in [3.63, 3.8) is 0 Å². The van der Waals surface area contributed by atoms with Gasteiger partial charge in [0.2, 0.25) is 10.0 Å². The fraction of sp³-hybridized carbons (Fsp3) is 0.360. The largest absolute Gasteiger partial charge is 0.490 e. The SMILES string of the molecule is COCCS(=O)(=O)N[C@@H]1CCc2c(-c3cnc(-c4ccc(OC(C)C)c(C#N)c4)s3)cccc21. The Balaban J connectivity index is 1.60. The van der Waals surface area contributed by atoms with Crippen LogP contribution in [0.3, 0.4) is 0 Å². The Kier molecular flexibility index (Phi) is 7.33. The molecule has 2 aromatic carbocycles. The highest BCUT2D eigenvalue weighted by molar-refractivity contribution is 7.89. The molecule has 1 atom stereocenters. The molecule has 1 heterocycles. The zero-order valence-electron chi connectivity index (χ0n) is 19.4. The third-order valence-electron chi connectivity index (χ3n) is 5.63. The molecule has 1 aliphatic rings. The van der Waals surface area contributed by atoms with E-state index >= 15 is 0 Å². The predicted molar refractivity (Wildman–Crippen MR) is 133 cm³/mol. The lowest BCUT2D eigenvalue weighted by Crippen LogP contribution is -2.31. The number of ether oxygens (including phenoxy) is 2. The first-order valence-electron chi connectivity index (χ1n) is 11.1. The molecule has 7 nitrogen and oxygen atoms in total. The van der Waals surface area contributed by atoms with Crippen LogP contribution in [0, 0.1) is 11.3 Å². The summed E-state index contributed by atoms with van der Waals surface area (Å²) >= 11 is 1.55. The monoisotopic (exact) mass is 497 g/mol. The van der Waals surface area contributed by atoms with E-state index in [1.165, 1.54) is 7.11 Å². The quantitative estimate of drug-likeness (QED) is 0.460. The molecule has 0 amide bonds. The van der Waals surface area contributed by atoms with Gasteiger partial charge in [-0.25, -0.2) is 18.1 Å². The number of fused-ring (bicyclic) bond motifs is 1. The van der Waals surface area contributed by atoms with Gasteiger partial charge in [-0.3, -0.25) is 0 Å². The molecular formula is C25H27N3O4S2. The number of methoxy groups -OCH3 is 1. The summed E-state index contributed by atoms with van der Waals surface area (Å²) in [6.07, 6.45) is 3.33. The van der Waals surface area contributed by atoms with Crippen LogP contribution in [0.4, 0.5) is 0 Å². The third-order valence-corrected chi connectivity index (χ3v) is 8.06. The second-order valence-electron chi connectivity index (χ2n) is 8.41. The van der Waals surface area contributed by atoms with E-state index in [4.69, 9.17) is 9.47 Å². The molecule has 0 aliphatic heterocycles. The Morgan fingerprint density at radius 2 is 2.12 bits per heavy atom. The Hall–Kier alpha value is -2.77. The van der Waals surface area contributed by atoms with E-state index in [2.05, 4.69) is 21.8 Å². The highest BCUT2D eigenvalue weighted by atomic mass is 32.2. The Morgan fingerprint density at radius 1 is 1.29 bits per heavy atom. The van der Waals surface area contributed by atoms with Crippen LogP contribution < -0.4 is 9.46 Å². The van der Waals surface area contributed by atoms with Gasteiger partial charge >= 0.3 is 0 Å². The predicted octanol–water partition coefficient (Wildman–Crippen LogP) is 4.69. The lowest BCUT2D eigenvalue weighted by Gasteiger charge is -2.15. The van der Waals surface area contributed by atoms with E-state index in [1.807, 2.05) is 44.3 Å². The number of nitriles is 1. The van der Waals surface area contributed by atoms with Crippen LogP contribution in [-0.2, 0) is 21.2 Å². The molecule has 0 saturated heterocycles. The number of sulfonamides is 1. The molecule has 0 bridgehead atoms. The van der Waals surface area contributed by atoms with Crippen molar-refractivity contribution in [3.05, 3.63) is 59.3 Å². The van der Waals surface area contributed by atoms with Crippen LogP contribution in [0.1, 0.15) is 43.0 Å². The van der Waals surface area contributed by atoms with Crippen LogP contribution >= 0.6 is 11.3 Å². The van der Waals surface area contributed by atoms with E-state index in [0.717, 1.165) is 38.6 Å². The van der Waals surface area contributed by atoms with Crippen molar-refractivity contribution in [2.24, 2.45) is 0 Å². The summed E-state index contributed by atoms with van der Waals surface area (Å²) in [5, 5.41) is 10.4. The van der Waals surface area contributed by atoms with E-state index < -0.39 is 10.0 Å². The third kappa shape index (κ3) is 5.31. The molecule has 1 aliphatic carbocycles. The maximum Gasteiger partial charge on any atom is 0.214 e. The number of hydrogen-bond acceptors (Lipinski definition) is 7. The van der Waals surface area contributed by atoms with E-state index in [-0.39, 0.29) is 24.5 Å². The van der Waals surface area contributed by atoms with Crippen LogP contribution in [0.5, 0.6) is 5.75 Å². The molecule has 3 aromatic rings. The summed E-state index contributed by atoms with van der Waals surface area (Å²) < 4.78 is 38.2. The highest BCUT2D eigenvalue weighted by Gasteiger charge is 2.28. The number of benzene rings is 2. The zero-order valence-corrected chi connectivity index (χ0v) is 21.0. The number of rotatable bonds is 9. The van der Waals surface area contributed by atoms with Gasteiger partial charge in [0.25, 0.3) is 0 Å². The summed E-state index contributed by atoms with van der Waals surface area (Å²) in [5.74, 6) is 0.511. The number of thiazole rings is 1. The first-order valence-corrected chi connectivity index (χ1v) is 13.6. The Morgan fingerprint density at radius 3 is 2.85 bits per heavy atom. The summed E-state index contributed by atoms with van der Waals surface area (Å²) in [7, 11) is -1.93. The van der Waals surface area contributed by atoms with Crippen molar-refractivity contribution < 1.29 is 17.9 Å². The molecular weight excluding hydrogens is 470 g/mol. The van der Waals surface area contributed by atoms with Crippen LogP contribution in [0.2, 0.25) is 0 Å². The molecule has 0 spiro atoms. The lowest BCUT2D eigenvalue weighted by molar-refractivity contribution is 0.216. The smallest absolute Gasteiger partial charge is 0.214 e. The lowest BCUT2D eigenvalue weighted by atomic mass is 10.0. The molecule has 1 N–H and O–H groups in total. The number of nitrogens with one attached hydrogen (secondary N) is 1. The molecule has 0 fully saturated rings. The van der Waals surface area contributed by atoms with Crippen molar-refractivity contribution in [3.8, 4) is 32.8 Å². The van der Waals surface area contributed by atoms with Crippen LogP contribution in [0.15, 0.2) is 42.6 Å². The van der Waals surface area contributed by atoms with Gasteiger partial charge in [0, 0.05) is 24.9 Å². The molecule has 0 saturated carbocycles. The first-order chi connectivity index (χ1) is 16.3. The second kappa shape index (κ2) is 10.2. The van der Waals surface area contributed by atoms with Crippen LogP contribution in [0.25, 0.3) is 21.0 Å². The van der Waals surface area contributed by atoms with E-state index in [0.29, 0.717) is 17.7 Å². The molecule has 34 heavy (non-hydrogen) atoms. The minimum Gasteiger partial charge on any atom is -0.490 e. The molecule has 9 heteroatoms. The van der Waals surface area contributed by atoms with Gasteiger partial charge in [-0.1, -0.05) is 18.2 Å². The van der Waals surface area contributed by atoms with Crippen LogP contribution in [-0.4, -0.2) is 39.0 Å². The number of nitrogens with zero attached hydrogens (tertiary/aromatic N) is 2. The summed E-state index contributed by atoms with van der Waals surface area (Å²) in [6, 6.07) is 13.5. The van der Waals surface area contributed by atoms with E-state index in [9.17, 15) is 13.7 Å². The highest BCUT2D eigenvalue weighted by Crippen LogP contribution is 2.41. The molecule has 4 rings (SSSR count). The summed E-state index contributed by atoms with van der Waals surface area (Å²) in [4.78, 5) is 5.62. The maximum absolute atomic E-state index is 12.4. The standard InChI is InChI=1S/C25H27N3O4S2/c1-16(2)32-23-10-7-17(13-18(23)14-26)25-27-15-24(33-25)21-6-4-5-20-19(21)8-9-22(20)28-34(29,30)12-11-31-3/h4-7,10,13,15-16,22,28H,8-9,11-12H2,1-3H3/t22-/m1/s1. The fourth-order valence-corrected chi connectivity index (χ4v) is 6.26. The summed E-state index contributed by atoms with van der Waals surface area (Å²) in [5.41, 5.74) is 4.57. The van der Waals surface area contributed by atoms with Crippen molar-refractivity contribution in [1.29, 1.82) is 5.26 Å². The van der Waals surface area contributed by atoms with Gasteiger partial charge in [-0.2, -0.15) is 5.26 Å². The minimum atomic E-state index is -3.42. The molecule has 0 radical (unpaired) electrons. The van der Waals surface area contributed by atoms with Crippen molar-refractivity contribution in [2.45, 2.75) is 38.8 Å². The Bertz CT molecular complexity index is 1330. The minimum absolute atomic E-state index is 0.0159. The molecule has 0 unspecified atom stereocenters. The molecule has 178 valence electrons. The Labute approximate surface area is 204 Å². The van der Waals surface area contributed by atoms with Gasteiger partial charge in [0.05, 0.1) is 28.9 Å². The zero-order chi connectivity index (χ0) is 24.3. The maximum atomic E-state index is 12.4. The average Bonchev–Trinajstić information content (AvgIpc) is 3.45. The topological polar surface area (TPSA) is 101 Å². The fourth-order valence-electron chi connectivity index (χ4n) is 4.12. The van der Waals surface area contributed by atoms with Gasteiger partial charge in [-0.15, -0.1) is 11.3 Å². The van der Waals surface area contributed by atoms with Crippen molar-refractivity contribution in [1.82, 2.24) is 9.71 Å². The number of hydrogen-bond donors (Lipinski definition) is 1. The van der Waals surface area contributed by atoms with Gasteiger partial charge < -0.3 is 9.47 Å². The van der Waals surface area contributed by atoms with Gasteiger partial charge in [0.15, 0.2) is 0 Å². The number of aromatic nitrogens is 1. The first kappa shape index (κ1) is 24.4.